The van der Waals surface area contributed by atoms with Crippen LogP contribution < -0.4 is 5.73 Å². The Labute approximate surface area is 82.3 Å². The molecule has 0 aliphatic heterocycles. The minimum Gasteiger partial charge on any atom is -0.330 e. The lowest BCUT2D eigenvalue weighted by Crippen LogP contribution is -2.11. The van der Waals surface area contributed by atoms with Crippen molar-refractivity contribution < 1.29 is 12.6 Å². The fourth-order valence-corrected chi connectivity index (χ4v) is 2.84. The van der Waals surface area contributed by atoms with Crippen LogP contribution in [0.4, 0.5) is 0 Å². The lowest BCUT2D eigenvalue weighted by atomic mass is 10.5. The summed E-state index contributed by atoms with van der Waals surface area (Å²) in [7, 11) is -3.80. The van der Waals surface area contributed by atoms with Crippen LogP contribution in [0.15, 0.2) is 0 Å². The Balaban J connectivity index is 3.49. The number of hydrogen-bond donors (Lipinski definition) is 1. The molecule has 0 heterocycles. The summed E-state index contributed by atoms with van der Waals surface area (Å²) < 4.78 is 32.6. The van der Waals surface area contributed by atoms with Crippen LogP contribution in [0, 0.1) is 0 Å². The molecule has 0 aromatic heterocycles. The van der Waals surface area contributed by atoms with E-state index in [-0.39, 0.29) is 5.75 Å². The molecule has 4 nitrogen and oxygen atoms in total. The van der Waals surface area contributed by atoms with E-state index in [4.69, 9.17) is 5.73 Å². The van der Waals surface area contributed by atoms with Crippen LogP contribution >= 0.6 is 0 Å². The summed E-state index contributed by atoms with van der Waals surface area (Å²) in [5.74, 6) is 1.18. The van der Waals surface area contributed by atoms with Gasteiger partial charge in [-0.05, 0) is 19.4 Å². The van der Waals surface area contributed by atoms with Gasteiger partial charge in [-0.2, -0.15) is 0 Å². The molecule has 0 aromatic rings. The third kappa shape index (κ3) is 9.98. The first-order valence-corrected chi connectivity index (χ1v) is 7.73. The summed E-state index contributed by atoms with van der Waals surface area (Å²) in [6.45, 7) is 0.540. The molecule has 1 atom stereocenters. The molecule has 0 spiro atoms. The number of nitrogens with two attached hydrogens (primary N) is 1. The molecule has 0 bridgehead atoms. The van der Waals surface area contributed by atoms with Crippen molar-refractivity contribution in [2.45, 2.75) is 12.8 Å². The smallest absolute Gasteiger partial charge is 0.147 e. The predicted octanol–water partition coefficient (Wildman–Crippen LogP) is -0.481. The first-order valence-electron chi connectivity index (χ1n) is 4.18. The van der Waals surface area contributed by atoms with E-state index in [9.17, 15) is 12.6 Å². The van der Waals surface area contributed by atoms with Crippen LogP contribution in [-0.4, -0.2) is 42.7 Å². The maximum absolute atomic E-state index is 11.1. The summed E-state index contributed by atoms with van der Waals surface area (Å²) in [6.07, 6.45) is 2.41. The Morgan fingerprint density at radius 2 is 1.77 bits per heavy atom. The average Bonchev–Trinajstić information content (AvgIpc) is 1.98. The van der Waals surface area contributed by atoms with Crippen LogP contribution in [0.1, 0.15) is 12.8 Å². The van der Waals surface area contributed by atoms with Gasteiger partial charge in [0.15, 0.2) is 0 Å². The van der Waals surface area contributed by atoms with Crippen LogP contribution in [0.3, 0.4) is 0 Å². The number of sulfone groups is 1. The summed E-state index contributed by atoms with van der Waals surface area (Å²) in [5.41, 5.74) is 5.24. The fourth-order valence-electron chi connectivity index (χ4n) is 0.828. The second kappa shape index (κ2) is 6.50. The van der Waals surface area contributed by atoms with Crippen molar-refractivity contribution >= 4 is 20.6 Å². The fraction of sp³-hybridized carbons (Fsp3) is 1.00. The van der Waals surface area contributed by atoms with E-state index < -0.39 is 20.6 Å². The predicted molar refractivity (Wildman–Crippen MR) is 55.9 cm³/mol. The molecule has 0 aliphatic carbocycles. The molecule has 0 amide bonds. The van der Waals surface area contributed by atoms with E-state index in [0.29, 0.717) is 24.5 Å². The van der Waals surface area contributed by atoms with Crippen molar-refractivity contribution in [1.82, 2.24) is 0 Å². The summed E-state index contributed by atoms with van der Waals surface area (Å²) in [6, 6.07) is 0. The van der Waals surface area contributed by atoms with Crippen LogP contribution in [0.2, 0.25) is 0 Å². The maximum Gasteiger partial charge on any atom is 0.147 e. The molecule has 2 N–H and O–H groups in total. The van der Waals surface area contributed by atoms with Gasteiger partial charge in [0.05, 0.1) is 5.75 Å². The topological polar surface area (TPSA) is 77.2 Å². The van der Waals surface area contributed by atoms with Crippen LogP contribution in [0.25, 0.3) is 0 Å². The molecule has 0 aliphatic rings. The van der Waals surface area contributed by atoms with Gasteiger partial charge in [-0.3, -0.25) is 4.21 Å². The van der Waals surface area contributed by atoms with E-state index in [2.05, 4.69) is 0 Å². The van der Waals surface area contributed by atoms with Crippen molar-refractivity contribution in [1.29, 1.82) is 0 Å². The van der Waals surface area contributed by atoms with E-state index in [1.807, 2.05) is 0 Å². The Morgan fingerprint density at radius 1 is 1.23 bits per heavy atom. The van der Waals surface area contributed by atoms with Crippen molar-refractivity contribution in [3.63, 3.8) is 0 Å². The van der Waals surface area contributed by atoms with Gasteiger partial charge in [0.2, 0.25) is 0 Å². The highest BCUT2D eigenvalue weighted by atomic mass is 32.2. The average molecular weight is 227 g/mol. The second-order valence-corrected chi connectivity index (χ2v) is 6.93. The molecule has 0 fully saturated rings. The Kier molecular flexibility index (Phi) is 6.53. The first kappa shape index (κ1) is 13.1. The van der Waals surface area contributed by atoms with Crippen molar-refractivity contribution in [3.05, 3.63) is 0 Å². The zero-order chi connectivity index (χ0) is 10.3. The van der Waals surface area contributed by atoms with Gasteiger partial charge in [0, 0.05) is 28.6 Å². The van der Waals surface area contributed by atoms with E-state index in [1.165, 1.54) is 6.26 Å². The molecule has 0 radical (unpaired) electrons. The molecule has 6 heteroatoms. The lowest BCUT2D eigenvalue weighted by Gasteiger charge is -2.00. The molecule has 0 saturated heterocycles. The molecular formula is C7H17NO3S2. The zero-order valence-electron chi connectivity index (χ0n) is 7.86. The highest BCUT2D eigenvalue weighted by molar-refractivity contribution is 7.90. The van der Waals surface area contributed by atoms with Gasteiger partial charge in [-0.25, -0.2) is 8.42 Å². The van der Waals surface area contributed by atoms with Gasteiger partial charge in [-0.1, -0.05) is 0 Å². The molecule has 0 saturated carbocycles. The van der Waals surface area contributed by atoms with Gasteiger partial charge in [0.1, 0.15) is 9.84 Å². The van der Waals surface area contributed by atoms with Crippen molar-refractivity contribution in [2.75, 3.05) is 30.1 Å². The molecule has 13 heavy (non-hydrogen) atoms. The largest absolute Gasteiger partial charge is 0.330 e. The normalized spacial score (nSPS) is 14.3. The standard InChI is InChI=1S/C7H17NO3S2/c1-13(10,11)7-3-6-12(9)5-2-4-8/h2-8H2,1H3. The van der Waals surface area contributed by atoms with E-state index in [0.717, 1.165) is 6.42 Å². The molecule has 0 rings (SSSR count). The summed E-state index contributed by atoms with van der Waals surface area (Å²) in [4.78, 5) is 0. The van der Waals surface area contributed by atoms with E-state index >= 15 is 0 Å². The Bertz CT molecular complexity index is 248. The molecular weight excluding hydrogens is 210 g/mol. The van der Waals surface area contributed by atoms with Crippen molar-refractivity contribution in [2.24, 2.45) is 5.73 Å². The monoisotopic (exact) mass is 227 g/mol. The quantitative estimate of drug-likeness (QED) is 0.637. The van der Waals surface area contributed by atoms with Crippen molar-refractivity contribution in [3.8, 4) is 0 Å². The summed E-state index contributed by atoms with van der Waals surface area (Å²) >= 11 is 0. The zero-order valence-corrected chi connectivity index (χ0v) is 9.49. The lowest BCUT2D eigenvalue weighted by molar-refractivity contribution is 0.600. The summed E-state index contributed by atoms with van der Waals surface area (Å²) in [5, 5.41) is 0. The number of hydrogen-bond acceptors (Lipinski definition) is 4. The van der Waals surface area contributed by atoms with Gasteiger partial charge in [-0.15, -0.1) is 0 Å². The van der Waals surface area contributed by atoms with Gasteiger partial charge in [0.25, 0.3) is 0 Å². The number of rotatable bonds is 7. The molecule has 80 valence electrons. The third-order valence-electron chi connectivity index (χ3n) is 1.46. The van der Waals surface area contributed by atoms with Crippen LogP contribution in [0.5, 0.6) is 0 Å². The molecule has 0 aromatic carbocycles. The van der Waals surface area contributed by atoms with Gasteiger partial charge < -0.3 is 5.73 Å². The Morgan fingerprint density at radius 3 is 2.23 bits per heavy atom. The highest BCUT2D eigenvalue weighted by Gasteiger charge is 2.04. The second-order valence-electron chi connectivity index (χ2n) is 2.97. The first-order chi connectivity index (χ1) is 5.95. The van der Waals surface area contributed by atoms with Crippen LogP contribution in [-0.2, 0) is 20.6 Å². The minimum atomic E-state index is -2.90. The van der Waals surface area contributed by atoms with E-state index in [1.54, 1.807) is 0 Å². The SMILES string of the molecule is CS(=O)(=O)CCCS(=O)CCCN. The maximum atomic E-state index is 11.1. The highest BCUT2D eigenvalue weighted by Crippen LogP contribution is 1.94. The van der Waals surface area contributed by atoms with Gasteiger partial charge >= 0.3 is 0 Å². The minimum absolute atomic E-state index is 0.126. The molecule has 1 unspecified atom stereocenters. The third-order valence-corrected chi connectivity index (χ3v) is 3.98. The Hall–Kier alpha value is 0.0600.